The van der Waals surface area contributed by atoms with E-state index in [4.69, 9.17) is 14.2 Å². The summed E-state index contributed by atoms with van der Waals surface area (Å²) in [5, 5.41) is 0. The third kappa shape index (κ3) is 5.95. The van der Waals surface area contributed by atoms with E-state index in [9.17, 15) is 9.59 Å². The van der Waals surface area contributed by atoms with Crippen LogP contribution in [0.3, 0.4) is 0 Å². The molecule has 0 spiro atoms. The van der Waals surface area contributed by atoms with Gasteiger partial charge in [-0.1, -0.05) is 48.5 Å². The van der Waals surface area contributed by atoms with Crippen molar-refractivity contribution < 1.29 is 23.8 Å². The lowest BCUT2D eigenvalue weighted by Crippen LogP contribution is -2.13. The summed E-state index contributed by atoms with van der Waals surface area (Å²) in [5.74, 6) is -0.307. The van der Waals surface area contributed by atoms with E-state index >= 15 is 0 Å². The molecule has 0 atom stereocenters. The molecule has 0 aliphatic heterocycles. The monoisotopic (exact) mass is 404 g/mol. The van der Waals surface area contributed by atoms with Crippen LogP contribution in [0.2, 0.25) is 0 Å². The highest BCUT2D eigenvalue weighted by Crippen LogP contribution is 2.22. The molecule has 154 valence electrons. The van der Waals surface area contributed by atoms with Crippen molar-refractivity contribution in [2.24, 2.45) is 0 Å². The van der Waals surface area contributed by atoms with Gasteiger partial charge in [0, 0.05) is 6.42 Å². The molecule has 0 fully saturated rings. The summed E-state index contributed by atoms with van der Waals surface area (Å²) in [5.41, 5.74) is 1.80. The zero-order chi connectivity index (χ0) is 21.3. The van der Waals surface area contributed by atoms with Crippen LogP contribution in [0.4, 0.5) is 0 Å². The first kappa shape index (κ1) is 21.1. The first-order valence-corrected chi connectivity index (χ1v) is 9.82. The SMILES string of the molecule is CC(C)OC(=O)c1cccc(OC(=O)c2ccccc2OCCc2ccccc2)c1. The highest BCUT2D eigenvalue weighted by molar-refractivity contribution is 5.94. The van der Waals surface area contributed by atoms with Gasteiger partial charge in [-0.15, -0.1) is 0 Å². The molecule has 0 aliphatic carbocycles. The molecule has 0 aliphatic rings. The Morgan fingerprint density at radius 2 is 1.57 bits per heavy atom. The molecular weight excluding hydrogens is 380 g/mol. The van der Waals surface area contributed by atoms with Crippen LogP contribution in [-0.4, -0.2) is 24.6 Å². The van der Waals surface area contributed by atoms with E-state index in [1.54, 1.807) is 56.3 Å². The molecule has 0 unspecified atom stereocenters. The van der Waals surface area contributed by atoms with E-state index in [0.29, 0.717) is 23.5 Å². The molecule has 3 aromatic carbocycles. The smallest absolute Gasteiger partial charge is 0.347 e. The first-order chi connectivity index (χ1) is 14.5. The molecule has 0 heterocycles. The average Bonchev–Trinajstić information content (AvgIpc) is 2.74. The number of ether oxygens (including phenoxy) is 3. The molecular formula is C25H24O5. The van der Waals surface area contributed by atoms with E-state index < -0.39 is 11.9 Å². The normalized spacial score (nSPS) is 10.5. The Hall–Kier alpha value is -3.60. The molecule has 0 saturated heterocycles. The van der Waals surface area contributed by atoms with Crippen LogP contribution in [0, 0.1) is 0 Å². The molecule has 5 heteroatoms. The Kier molecular flexibility index (Phi) is 7.22. The van der Waals surface area contributed by atoms with Crippen molar-refractivity contribution in [3.8, 4) is 11.5 Å². The molecule has 3 rings (SSSR count). The zero-order valence-corrected chi connectivity index (χ0v) is 17.0. The molecule has 5 nitrogen and oxygen atoms in total. The second kappa shape index (κ2) is 10.3. The largest absolute Gasteiger partial charge is 0.492 e. The van der Waals surface area contributed by atoms with Crippen molar-refractivity contribution in [3.63, 3.8) is 0 Å². The summed E-state index contributed by atoms with van der Waals surface area (Å²) in [6.45, 7) is 3.98. The number of hydrogen-bond donors (Lipinski definition) is 0. The highest BCUT2D eigenvalue weighted by atomic mass is 16.5. The van der Waals surface area contributed by atoms with Gasteiger partial charge >= 0.3 is 11.9 Å². The van der Waals surface area contributed by atoms with E-state index in [-0.39, 0.29) is 11.9 Å². The van der Waals surface area contributed by atoms with Gasteiger partial charge in [-0.3, -0.25) is 0 Å². The Morgan fingerprint density at radius 1 is 0.833 bits per heavy atom. The van der Waals surface area contributed by atoms with Crippen LogP contribution in [0.15, 0.2) is 78.9 Å². The number of hydrogen-bond acceptors (Lipinski definition) is 5. The number of rotatable bonds is 8. The third-order valence-corrected chi connectivity index (χ3v) is 4.22. The number of para-hydroxylation sites is 1. The molecule has 3 aromatic rings. The van der Waals surface area contributed by atoms with Gasteiger partial charge in [0.05, 0.1) is 18.3 Å². The summed E-state index contributed by atoms with van der Waals surface area (Å²) in [4.78, 5) is 24.8. The third-order valence-electron chi connectivity index (χ3n) is 4.22. The maximum atomic E-state index is 12.7. The number of carbonyl (C=O) groups is 2. The lowest BCUT2D eigenvalue weighted by molar-refractivity contribution is 0.0376. The molecule has 0 bridgehead atoms. The molecule has 0 saturated carbocycles. The molecule has 0 N–H and O–H groups in total. The van der Waals surface area contributed by atoms with Gasteiger partial charge in [-0.25, -0.2) is 9.59 Å². The standard InChI is InChI=1S/C25H24O5/c1-18(2)29-24(26)20-11-8-12-21(17-20)30-25(27)22-13-6-7-14-23(22)28-16-15-19-9-4-3-5-10-19/h3-14,17-18H,15-16H2,1-2H3. The fourth-order valence-corrected chi connectivity index (χ4v) is 2.82. The lowest BCUT2D eigenvalue weighted by Gasteiger charge is -2.12. The molecule has 30 heavy (non-hydrogen) atoms. The van der Waals surface area contributed by atoms with Gasteiger partial charge in [-0.05, 0) is 49.7 Å². The predicted octanol–water partition coefficient (Wildman–Crippen LogP) is 5.09. The number of esters is 2. The van der Waals surface area contributed by atoms with Crippen LogP contribution < -0.4 is 9.47 Å². The minimum absolute atomic E-state index is 0.233. The first-order valence-electron chi connectivity index (χ1n) is 9.82. The Balaban J connectivity index is 1.66. The van der Waals surface area contributed by atoms with Gasteiger partial charge in [0.25, 0.3) is 0 Å². The lowest BCUT2D eigenvalue weighted by atomic mass is 10.1. The Labute approximate surface area is 176 Å². The summed E-state index contributed by atoms with van der Waals surface area (Å²) in [6.07, 6.45) is 0.494. The van der Waals surface area contributed by atoms with Crippen molar-refractivity contribution in [3.05, 3.63) is 95.6 Å². The van der Waals surface area contributed by atoms with E-state index in [0.717, 1.165) is 12.0 Å². The average molecular weight is 404 g/mol. The maximum absolute atomic E-state index is 12.7. The maximum Gasteiger partial charge on any atom is 0.347 e. The van der Waals surface area contributed by atoms with Crippen molar-refractivity contribution >= 4 is 11.9 Å². The summed E-state index contributed by atoms with van der Waals surface area (Å²) < 4.78 is 16.5. The van der Waals surface area contributed by atoms with Gasteiger partial charge in [0.15, 0.2) is 0 Å². The molecule has 0 aromatic heterocycles. The van der Waals surface area contributed by atoms with E-state index in [1.165, 1.54) is 6.07 Å². The van der Waals surface area contributed by atoms with Crippen molar-refractivity contribution in [1.82, 2.24) is 0 Å². The van der Waals surface area contributed by atoms with Crippen LogP contribution in [0.1, 0.15) is 40.1 Å². The number of carbonyl (C=O) groups excluding carboxylic acids is 2. The van der Waals surface area contributed by atoms with Gasteiger partial charge in [-0.2, -0.15) is 0 Å². The Morgan fingerprint density at radius 3 is 2.33 bits per heavy atom. The van der Waals surface area contributed by atoms with Crippen LogP contribution >= 0.6 is 0 Å². The van der Waals surface area contributed by atoms with E-state index in [2.05, 4.69) is 0 Å². The van der Waals surface area contributed by atoms with Crippen molar-refractivity contribution in [1.29, 1.82) is 0 Å². The van der Waals surface area contributed by atoms with E-state index in [1.807, 2.05) is 30.3 Å². The second-order valence-electron chi connectivity index (χ2n) is 6.95. The Bertz CT molecular complexity index is 995. The summed E-state index contributed by atoms with van der Waals surface area (Å²) in [6, 6.07) is 23.3. The highest BCUT2D eigenvalue weighted by Gasteiger charge is 2.16. The minimum Gasteiger partial charge on any atom is -0.492 e. The zero-order valence-electron chi connectivity index (χ0n) is 17.0. The van der Waals surface area contributed by atoms with Gasteiger partial charge < -0.3 is 14.2 Å². The van der Waals surface area contributed by atoms with Crippen molar-refractivity contribution in [2.75, 3.05) is 6.61 Å². The summed E-state index contributed by atoms with van der Waals surface area (Å²) in [7, 11) is 0. The van der Waals surface area contributed by atoms with Crippen LogP contribution in [-0.2, 0) is 11.2 Å². The van der Waals surface area contributed by atoms with Crippen molar-refractivity contribution in [2.45, 2.75) is 26.4 Å². The quantitative estimate of drug-likeness (QED) is 0.386. The fourth-order valence-electron chi connectivity index (χ4n) is 2.82. The molecule has 0 amide bonds. The van der Waals surface area contributed by atoms with Gasteiger partial charge in [0.1, 0.15) is 17.1 Å². The fraction of sp³-hybridized carbons (Fsp3) is 0.200. The van der Waals surface area contributed by atoms with Crippen LogP contribution in [0.25, 0.3) is 0 Å². The topological polar surface area (TPSA) is 61.8 Å². The predicted molar refractivity (Wildman–Crippen MR) is 114 cm³/mol. The molecule has 0 radical (unpaired) electrons. The van der Waals surface area contributed by atoms with Gasteiger partial charge in [0.2, 0.25) is 0 Å². The summed E-state index contributed by atoms with van der Waals surface area (Å²) >= 11 is 0. The van der Waals surface area contributed by atoms with Crippen LogP contribution in [0.5, 0.6) is 11.5 Å². The second-order valence-corrected chi connectivity index (χ2v) is 6.95. The minimum atomic E-state index is -0.556. The number of benzene rings is 3.